The van der Waals surface area contributed by atoms with Gasteiger partial charge in [0.1, 0.15) is 0 Å². The molecule has 0 unspecified atom stereocenters. The van der Waals surface area contributed by atoms with Gasteiger partial charge in [0, 0.05) is 30.9 Å². The molecule has 2 rings (SSSR count). The quantitative estimate of drug-likeness (QED) is 0.429. The summed E-state index contributed by atoms with van der Waals surface area (Å²) in [6, 6.07) is 7.28. The van der Waals surface area contributed by atoms with Gasteiger partial charge in [0.05, 0.1) is 5.56 Å². The van der Waals surface area contributed by atoms with E-state index in [1.807, 2.05) is 6.92 Å². The second-order valence-electron chi connectivity index (χ2n) is 6.67. The number of carbonyl (C=O) groups is 5. The van der Waals surface area contributed by atoms with E-state index in [4.69, 9.17) is 18.9 Å². The summed E-state index contributed by atoms with van der Waals surface area (Å²) in [5.74, 6) is -5.00. The predicted octanol–water partition coefficient (Wildman–Crippen LogP) is 3.33. The topological polar surface area (TPSA) is 134 Å². The summed E-state index contributed by atoms with van der Waals surface area (Å²) in [5, 5.41) is 2.59. The Bertz CT molecular complexity index is 1090. The maximum absolute atomic E-state index is 12.5. The van der Waals surface area contributed by atoms with E-state index in [1.54, 1.807) is 18.2 Å². The number of carbonyl (C=O) groups excluding carboxylic acids is 5. The highest BCUT2D eigenvalue weighted by molar-refractivity contribution is 9.10. The molecule has 0 saturated carbocycles. The Kier molecular flexibility index (Phi) is 8.69. The average molecular weight is 522 g/mol. The van der Waals surface area contributed by atoms with Crippen molar-refractivity contribution in [3.63, 3.8) is 0 Å². The number of rotatable bonds is 7. The van der Waals surface area contributed by atoms with Gasteiger partial charge in [-0.3, -0.25) is 19.2 Å². The van der Waals surface area contributed by atoms with E-state index in [9.17, 15) is 24.0 Å². The van der Waals surface area contributed by atoms with Gasteiger partial charge in [-0.15, -0.1) is 0 Å². The van der Waals surface area contributed by atoms with Crippen LogP contribution in [0.1, 0.15) is 36.7 Å². The average Bonchev–Trinajstić information content (AvgIpc) is 2.70. The van der Waals surface area contributed by atoms with E-state index in [0.717, 1.165) is 42.9 Å². The number of hydrogen-bond donors (Lipinski definition) is 1. The van der Waals surface area contributed by atoms with Crippen LogP contribution in [-0.2, 0) is 23.9 Å². The highest BCUT2D eigenvalue weighted by Crippen LogP contribution is 2.39. The fourth-order valence-corrected chi connectivity index (χ4v) is 2.78. The monoisotopic (exact) mass is 521 g/mol. The standard InChI is InChI=1S/C22H20BrNO9/c1-11-7-16(5-6-17(11)23)24-20(28)10-30-22(29)15-8-18(31-12(2)25)21(33-14(4)27)19(9-15)32-13(3)26/h5-9H,10H2,1-4H3,(H,24,28). The minimum Gasteiger partial charge on any atom is -0.452 e. The molecule has 10 nitrogen and oxygen atoms in total. The lowest BCUT2D eigenvalue weighted by Crippen LogP contribution is -2.21. The number of amides is 1. The van der Waals surface area contributed by atoms with Gasteiger partial charge < -0.3 is 24.3 Å². The first-order valence-electron chi connectivity index (χ1n) is 9.42. The van der Waals surface area contributed by atoms with Crippen LogP contribution in [0.25, 0.3) is 0 Å². The van der Waals surface area contributed by atoms with Crippen molar-refractivity contribution >= 4 is 51.4 Å². The summed E-state index contributed by atoms with van der Waals surface area (Å²) in [6.45, 7) is 4.49. The van der Waals surface area contributed by atoms with E-state index in [1.165, 1.54) is 0 Å². The van der Waals surface area contributed by atoms with Gasteiger partial charge in [-0.1, -0.05) is 15.9 Å². The summed E-state index contributed by atoms with van der Waals surface area (Å²) in [7, 11) is 0. The van der Waals surface area contributed by atoms with Crippen molar-refractivity contribution in [2.24, 2.45) is 0 Å². The second-order valence-corrected chi connectivity index (χ2v) is 7.53. The Morgan fingerprint density at radius 3 is 1.88 bits per heavy atom. The summed E-state index contributed by atoms with van der Waals surface area (Å²) >= 11 is 3.36. The molecule has 1 amide bonds. The van der Waals surface area contributed by atoms with Crippen molar-refractivity contribution in [2.45, 2.75) is 27.7 Å². The van der Waals surface area contributed by atoms with Crippen LogP contribution in [-0.4, -0.2) is 36.4 Å². The molecule has 0 saturated heterocycles. The Morgan fingerprint density at radius 1 is 0.848 bits per heavy atom. The van der Waals surface area contributed by atoms with Crippen LogP contribution in [0.3, 0.4) is 0 Å². The van der Waals surface area contributed by atoms with Crippen molar-refractivity contribution in [3.05, 3.63) is 45.9 Å². The van der Waals surface area contributed by atoms with Crippen LogP contribution < -0.4 is 19.5 Å². The smallest absolute Gasteiger partial charge is 0.338 e. The highest BCUT2D eigenvalue weighted by atomic mass is 79.9. The molecule has 11 heteroatoms. The van der Waals surface area contributed by atoms with Crippen LogP contribution in [0.5, 0.6) is 17.2 Å². The molecule has 174 valence electrons. The summed E-state index contributed by atoms with van der Waals surface area (Å²) in [5.41, 5.74) is 1.19. The molecular formula is C22H20BrNO9. The van der Waals surface area contributed by atoms with Gasteiger partial charge in [0.15, 0.2) is 18.1 Å². The molecule has 0 heterocycles. The first-order chi connectivity index (χ1) is 15.5. The molecule has 0 radical (unpaired) electrons. The molecule has 2 aromatic carbocycles. The molecule has 1 N–H and O–H groups in total. The van der Waals surface area contributed by atoms with Crippen molar-refractivity contribution in [1.82, 2.24) is 0 Å². The SMILES string of the molecule is CC(=O)Oc1cc(C(=O)OCC(=O)Nc2ccc(Br)c(C)c2)cc(OC(C)=O)c1OC(C)=O. The fourth-order valence-electron chi connectivity index (χ4n) is 2.53. The number of anilines is 1. The van der Waals surface area contributed by atoms with Crippen LogP contribution >= 0.6 is 15.9 Å². The zero-order valence-corrected chi connectivity index (χ0v) is 19.7. The first-order valence-corrected chi connectivity index (χ1v) is 10.2. The molecule has 33 heavy (non-hydrogen) atoms. The molecule has 0 aliphatic heterocycles. The summed E-state index contributed by atoms with van der Waals surface area (Å²) in [6.07, 6.45) is 0. The third kappa shape index (κ3) is 7.72. The maximum atomic E-state index is 12.5. The van der Waals surface area contributed by atoms with E-state index < -0.39 is 36.4 Å². The number of hydrogen-bond acceptors (Lipinski definition) is 9. The van der Waals surface area contributed by atoms with Gasteiger partial charge in [0.25, 0.3) is 5.91 Å². The third-order valence-corrected chi connectivity index (χ3v) is 4.68. The minimum absolute atomic E-state index is 0.217. The van der Waals surface area contributed by atoms with E-state index in [-0.39, 0.29) is 22.8 Å². The highest BCUT2D eigenvalue weighted by Gasteiger charge is 2.23. The number of benzene rings is 2. The second kappa shape index (κ2) is 11.2. The molecule has 0 fully saturated rings. The van der Waals surface area contributed by atoms with Gasteiger partial charge in [0.2, 0.25) is 5.75 Å². The molecule has 0 bridgehead atoms. The Balaban J connectivity index is 2.24. The number of ether oxygens (including phenoxy) is 4. The maximum Gasteiger partial charge on any atom is 0.338 e. The van der Waals surface area contributed by atoms with Gasteiger partial charge in [-0.05, 0) is 42.8 Å². The zero-order chi connectivity index (χ0) is 24.7. The summed E-state index contributed by atoms with van der Waals surface area (Å²) < 4.78 is 20.8. The molecule has 0 aliphatic carbocycles. The van der Waals surface area contributed by atoms with Gasteiger partial charge in [-0.2, -0.15) is 0 Å². The number of esters is 4. The molecule has 0 aromatic heterocycles. The van der Waals surface area contributed by atoms with Crippen LogP contribution in [0.4, 0.5) is 5.69 Å². The van der Waals surface area contributed by atoms with E-state index >= 15 is 0 Å². The largest absolute Gasteiger partial charge is 0.452 e. The van der Waals surface area contributed by atoms with Crippen molar-refractivity contribution in [3.8, 4) is 17.2 Å². The number of nitrogens with one attached hydrogen (secondary N) is 1. The lowest BCUT2D eigenvalue weighted by molar-refractivity contribution is -0.135. The Morgan fingerprint density at radius 2 is 1.39 bits per heavy atom. The lowest BCUT2D eigenvalue weighted by atomic mass is 10.2. The Hall–Kier alpha value is -3.73. The van der Waals surface area contributed by atoms with Gasteiger partial charge >= 0.3 is 23.9 Å². The number of halogens is 1. The number of aryl methyl sites for hydroxylation is 1. The third-order valence-electron chi connectivity index (χ3n) is 3.79. The van der Waals surface area contributed by atoms with Crippen molar-refractivity contribution in [1.29, 1.82) is 0 Å². The predicted molar refractivity (Wildman–Crippen MR) is 118 cm³/mol. The molecule has 0 atom stereocenters. The Labute approximate surface area is 197 Å². The lowest BCUT2D eigenvalue weighted by Gasteiger charge is -2.14. The normalized spacial score (nSPS) is 10.1. The minimum atomic E-state index is -0.978. The van der Waals surface area contributed by atoms with Crippen LogP contribution in [0.15, 0.2) is 34.8 Å². The van der Waals surface area contributed by atoms with Crippen LogP contribution in [0, 0.1) is 6.92 Å². The molecular weight excluding hydrogens is 502 g/mol. The summed E-state index contributed by atoms with van der Waals surface area (Å²) in [4.78, 5) is 59.0. The molecule has 2 aromatic rings. The molecule has 0 spiro atoms. The van der Waals surface area contributed by atoms with Crippen molar-refractivity contribution in [2.75, 3.05) is 11.9 Å². The van der Waals surface area contributed by atoms with Crippen LogP contribution in [0.2, 0.25) is 0 Å². The van der Waals surface area contributed by atoms with Gasteiger partial charge in [-0.25, -0.2) is 4.79 Å². The van der Waals surface area contributed by atoms with E-state index in [0.29, 0.717) is 5.69 Å². The fraction of sp³-hybridized carbons (Fsp3) is 0.227. The van der Waals surface area contributed by atoms with Crippen molar-refractivity contribution < 1.29 is 42.9 Å². The van der Waals surface area contributed by atoms with E-state index in [2.05, 4.69) is 21.2 Å². The zero-order valence-electron chi connectivity index (χ0n) is 18.1. The molecule has 0 aliphatic rings. The first kappa shape index (κ1) is 25.5.